The molecule has 6 rings (SSSR count). The van der Waals surface area contributed by atoms with Crippen molar-refractivity contribution in [1.29, 1.82) is 5.41 Å². The standard InChI is InChI=1S/C34H35ClFN5O/c35-28-10-14-30(15-11-28)39-21-19-38(20-22-39)24-26-6-8-27(9-7-26)25-41-33-5-2-1-4-32(33)40(34(41)37)18-3-23-42-31-16-12-29(36)13-17-31/h1-2,4-17,37H,3,18-25H2. The number of nitrogens with zero attached hydrogens (tertiary/aromatic N) is 4. The maximum atomic E-state index is 13.1. The highest BCUT2D eigenvalue weighted by Gasteiger charge is 2.17. The summed E-state index contributed by atoms with van der Waals surface area (Å²) in [6.45, 7) is 6.79. The Morgan fingerprint density at radius 3 is 2.00 bits per heavy atom. The molecule has 216 valence electrons. The molecule has 0 spiro atoms. The number of para-hydroxylation sites is 2. The molecule has 1 aromatic heterocycles. The summed E-state index contributed by atoms with van der Waals surface area (Å²) in [6, 6.07) is 31.2. The molecule has 2 heterocycles. The summed E-state index contributed by atoms with van der Waals surface area (Å²) in [7, 11) is 0. The molecule has 1 N–H and O–H groups in total. The maximum Gasteiger partial charge on any atom is 0.203 e. The van der Waals surface area contributed by atoms with Gasteiger partial charge in [-0.15, -0.1) is 0 Å². The molecular formula is C34H35ClFN5O. The first-order valence-electron chi connectivity index (χ1n) is 14.5. The highest BCUT2D eigenvalue weighted by molar-refractivity contribution is 6.30. The molecule has 0 radical (unpaired) electrons. The van der Waals surface area contributed by atoms with Crippen molar-refractivity contribution >= 4 is 28.3 Å². The molecule has 0 unspecified atom stereocenters. The molecule has 0 bridgehead atoms. The largest absolute Gasteiger partial charge is 0.494 e. The molecule has 1 aliphatic heterocycles. The monoisotopic (exact) mass is 583 g/mol. The van der Waals surface area contributed by atoms with Gasteiger partial charge in [0.15, 0.2) is 0 Å². The molecule has 0 amide bonds. The van der Waals surface area contributed by atoms with Crippen molar-refractivity contribution in [2.24, 2.45) is 0 Å². The predicted molar refractivity (Wildman–Crippen MR) is 167 cm³/mol. The molecule has 1 fully saturated rings. The Morgan fingerprint density at radius 1 is 0.714 bits per heavy atom. The van der Waals surface area contributed by atoms with E-state index in [9.17, 15) is 4.39 Å². The van der Waals surface area contributed by atoms with Crippen molar-refractivity contribution in [1.82, 2.24) is 14.0 Å². The van der Waals surface area contributed by atoms with Gasteiger partial charge in [0.25, 0.3) is 0 Å². The molecule has 6 nitrogen and oxygen atoms in total. The summed E-state index contributed by atoms with van der Waals surface area (Å²) >= 11 is 6.05. The topological polar surface area (TPSA) is 49.4 Å². The van der Waals surface area contributed by atoms with Gasteiger partial charge in [-0.2, -0.15) is 0 Å². The van der Waals surface area contributed by atoms with Gasteiger partial charge in [-0.3, -0.25) is 10.3 Å². The number of nitrogens with one attached hydrogen (secondary N) is 1. The van der Waals surface area contributed by atoms with Gasteiger partial charge in [0.1, 0.15) is 11.6 Å². The summed E-state index contributed by atoms with van der Waals surface area (Å²) in [5.74, 6) is 0.377. The highest BCUT2D eigenvalue weighted by atomic mass is 35.5. The van der Waals surface area contributed by atoms with E-state index in [4.69, 9.17) is 21.7 Å². The SMILES string of the molecule is N=c1n(CCCOc2ccc(F)cc2)c2ccccc2n1Cc1ccc(CN2CCN(c3ccc(Cl)cc3)CC2)cc1. The molecule has 0 atom stereocenters. The van der Waals surface area contributed by atoms with Crippen LogP contribution in [0.15, 0.2) is 97.1 Å². The number of aryl methyl sites for hydroxylation is 1. The first-order valence-corrected chi connectivity index (χ1v) is 14.8. The minimum Gasteiger partial charge on any atom is -0.494 e. The molecule has 5 aromatic rings. The van der Waals surface area contributed by atoms with Gasteiger partial charge in [-0.25, -0.2) is 4.39 Å². The number of imidazole rings is 1. The number of ether oxygens (including phenoxy) is 1. The Morgan fingerprint density at radius 2 is 1.33 bits per heavy atom. The Balaban J connectivity index is 1.06. The first-order chi connectivity index (χ1) is 20.5. The second-order valence-corrected chi connectivity index (χ2v) is 11.2. The lowest BCUT2D eigenvalue weighted by Gasteiger charge is -2.36. The van der Waals surface area contributed by atoms with Crippen LogP contribution in [0.1, 0.15) is 17.5 Å². The lowest BCUT2D eigenvalue weighted by Crippen LogP contribution is -2.45. The second kappa shape index (κ2) is 12.8. The van der Waals surface area contributed by atoms with Crippen LogP contribution in [0.5, 0.6) is 5.75 Å². The second-order valence-electron chi connectivity index (χ2n) is 10.8. The van der Waals surface area contributed by atoms with Gasteiger partial charge in [0.05, 0.1) is 24.2 Å². The van der Waals surface area contributed by atoms with E-state index in [1.54, 1.807) is 12.1 Å². The zero-order valence-electron chi connectivity index (χ0n) is 23.6. The summed E-state index contributed by atoms with van der Waals surface area (Å²) in [5.41, 5.74) is 6.27. The normalized spacial score (nSPS) is 14.0. The van der Waals surface area contributed by atoms with Gasteiger partial charge < -0.3 is 18.8 Å². The summed E-state index contributed by atoms with van der Waals surface area (Å²) in [5, 5.41) is 9.75. The molecule has 8 heteroatoms. The number of aromatic nitrogens is 2. The quantitative estimate of drug-likeness (QED) is 0.190. The average molecular weight is 584 g/mol. The van der Waals surface area contributed by atoms with Crippen LogP contribution < -0.4 is 15.3 Å². The van der Waals surface area contributed by atoms with E-state index in [0.29, 0.717) is 31.1 Å². The zero-order valence-corrected chi connectivity index (χ0v) is 24.3. The number of piperazine rings is 1. The molecule has 42 heavy (non-hydrogen) atoms. The average Bonchev–Trinajstić information content (AvgIpc) is 3.28. The van der Waals surface area contributed by atoms with Crippen LogP contribution in [0.3, 0.4) is 0 Å². The number of hydrogen-bond acceptors (Lipinski definition) is 4. The van der Waals surface area contributed by atoms with E-state index in [2.05, 4.69) is 62.9 Å². The third-order valence-electron chi connectivity index (χ3n) is 7.92. The van der Waals surface area contributed by atoms with Crippen LogP contribution >= 0.6 is 11.6 Å². The summed E-state index contributed by atoms with van der Waals surface area (Å²) in [4.78, 5) is 4.92. The fraction of sp³-hybridized carbons (Fsp3) is 0.265. The number of benzene rings is 4. The fourth-order valence-electron chi connectivity index (χ4n) is 5.63. The van der Waals surface area contributed by atoms with Crippen molar-refractivity contribution in [3.05, 3.63) is 125 Å². The number of hydrogen-bond donors (Lipinski definition) is 1. The molecule has 0 saturated carbocycles. The lowest BCUT2D eigenvalue weighted by atomic mass is 10.1. The van der Waals surface area contributed by atoms with E-state index >= 15 is 0 Å². The van der Waals surface area contributed by atoms with Crippen LogP contribution in [0.25, 0.3) is 11.0 Å². The molecule has 1 saturated heterocycles. The third kappa shape index (κ3) is 6.53. The molecule has 4 aromatic carbocycles. The van der Waals surface area contributed by atoms with Crippen molar-refractivity contribution in [2.75, 3.05) is 37.7 Å². The Hall–Kier alpha value is -4.07. The highest BCUT2D eigenvalue weighted by Crippen LogP contribution is 2.21. The van der Waals surface area contributed by atoms with Gasteiger partial charge in [-0.05, 0) is 78.2 Å². The molecule has 0 aliphatic carbocycles. The maximum absolute atomic E-state index is 13.1. The van der Waals surface area contributed by atoms with Crippen LogP contribution in [-0.2, 0) is 19.6 Å². The van der Waals surface area contributed by atoms with E-state index in [0.717, 1.165) is 55.2 Å². The Bertz CT molecular complexity index is 1670. The Kier molecular flexibility index (Phi) is 8.58. The minimum absolute atomic E-state index is 0.275. The van der Waals surface area contributed by atoms with E-state index in [-0.39, 0.29) is 5.82 Å². The lowest BCUT2D eigenvalue weighted by molar-refractivity contribution is 0.250. The number of anilines is 1. The van der Waals surface area contributed by atoms with Crippen LogP contribution in [0.4, 0.5) is 10.1 Å². The number of fused-ring (bicyclic) bond motifs is 1. The zero-order chi connectivity index (χ0) is 28.9. The summed E-state index contributed by atoms with van der Waals surface area (Å²) < 4.78 is 23.0. The van der Waals surface area contributed by atoms with Crippen LogP contribution in [0, 0.1) is 11.2 Å². The fourth-order valence-corrected chi connectivity index (χ4v) is 5.76. The van der Waals surface area contributed by atoms with Gasteiger partial charge >= 0.3 is 0 Å². The summed E-state index contributed by atoms with van der Waals surface area (Å²) in [6.07, 6.45) is 0.741. The van der Waals surface area contributed by atoms with Crippen molar-refractivity contribution in [3.63, 3.8) is 0 Å². The van der Waals surface area contributed by atoms with Crippen molar-refractivity contribution in [2.45, 2.75) is 26.1 Å². The van der Waals surface area contributed by atoms with Crippen LogP contribution in [0.2, 0.25) is 5.02 Å². The van der Waals surface area contributed by atoms with Gasteiger partial charge in [0, 0.05) is 50.0 Å². The van der Waals surface area contributed by atoms with Gasteiger partial charge in [-0.1, -0.05) is 48.0 Å². The van der Waals surface area contributed by atoms with Gasteiger partial charge in [0.2, 0.25) is 5.62 Å². The van der Waals surface area contributed by atoms with Crippen molar-refractivity contribution < 1.29 is 9.13 Å². The van der Waals surface area contributed by atoms with E-state index < -0.39 is 0 Å². The van der Waals surface area contributed by atoms with E-state index in [1.807, 2.05) is 28.8 Å². The molecule has 1 aliphatic rings. The Labute approximate surface area is 250 Å². The van der Waals surface area contributed by atoms with Crippen LogP contribution in [-0.4, -0.2) is 46.8 Å². The van der Waals surface area contributed by atoms with E-state index in [1.165, 1.54) is 28.9 Å². The first kappa shape index (κ1) is 28.1. The molecular weight excluding hydrogens is 549 g/mol. The number of halogens is 2. The minimum atomic E-state index is -0.275. The predicted octanol–water partition coefficient (Wildman–Crippen LogP) is 6.55. The number of rotatable bonds is 10. The van der Waals surface area contributed by atoms with Crippen molar-refractivity contribution in [3.8, 4) is 5.75 Å². The smallest absolute Gasteiger partial charge is 0.203 e. The third-order valence-corrected chi connectivity index (χ3v) is 8.17.